The molecule has 0 aliphatic carbocycles. The smallest absolute Gasteiger partial charge is 0.207 e. The predicted octanol–water partition coefficient (Wildman–Crippen LogP) is 5.46. The molecule has 0 aliphatic rings. The summed E-state index contributed by atoms with van der Waals surface area (Å²) in [6.45, 7) is 4.73. The van der Waals surface area contributed by atoms with E-state index in [1.165, 1.54) is 5.56 Å². The molecule has 0 aromatic heterocycles. The van der Waals surface area contributed by atoms with Gasteiger partial charge in [-0.2, -0.15) is 0 Å². The lowest BCUT2D eigenvalue weighted by Gasteiger charge is -2.17. The zero-order valence-electron chi connectivity index (χ0n) is 17.4. The number of rotatable bonds is 11. The van der Waals surface area contributed by atoms with Gasteiger partial charge in [-0.15, -0.1) is 0 Å². The molecule has 0 unspecified atom stereocenters. The van der Waals surface area contributed by atoms with Crippen LogP contribution in [-0.2, 0) is 23.2 Å². The summed E-state index contributed by atoms with van der Waals surface area (Å²) >= 11 is 3.48. The fourth-order valence-corrected chi connectivity index (χ4v) is 3.75. The van der Waals surface area contributed by atoms with Gasteiger partial charge in [0.25, 0.3) is 0 Å². The van der Waals surface area contributed by atoms with Crippen LogP contribution in [0.25, 0.3) is 11.1 Å². The summed E-state index contributed by atoms with van der Waals surface area (Å²) in [5, 5.41) is 3.51. The summed E-state index contributed by atoms with van der Waals surface area (Å²) < 4.78 is 11.7. The molecule has 3 aromatic carbocycles. The van der Waals surface area contributed by atoms with E-state index in [9.17, 15) is 4.79 Å². The summed E-state index contributed by atoms with van der Waals surface area (Å²) in [7, 11) is 1.62. The second-order valence-electron chi connectivity index (χ2n) is 6.90. The van der Waals surface area contributed by atoms with E-state index in [0.29, 0.717) is 43.2 Å². The van der Waals surface area contributed by atoms with Gasteiger partial charge in [0.2, 0.25) is 6.41 Å². The Morgan fingerprint density at radius 1 is 1.03 bits per heavy atom. The number of hydrogen-bond donors (Lipinski definition) is 1. The molecular formula is C25H25BrN2O3. The summed E-state index contributed by atoms with van der Waals surface area (Å²) in [4.78, 5) is 14.8. The number of alkyl halides is 1. The Balaban J connectivity index is 1.92. The summed E-state index contributed by atoms with van der Waals surface area (Å²) in [6, 6.07) is 20.0. The number of ether oxygens (including phenoxy) is 2. The van der Waals surface area contributed by atoms with Crippen LogP contribution in [0.1, 0.15) is 16.7 Å². The molecular weight excluding hydrogens is 456 g/mol. The van der Waals surface area contributed by atoms with Crippen LogP contribution in [0.5, 0.6) is 11.5 Å². The van der Waals surface area contributed by atoms with Gasteiger partial charge in [-0.3, -0.25) is 9.79 Å². The summed E-state index contributed by atoms with van der Waals surface area (Å²) in [5.41, 5.74) is 6.00. The molecule has 0 atom stereocenters. The Bertz CT molecular complexity index is 1050. The minimum Gasteiger partial charge on any atom is -0.493 e. The molecule has 0 saturated carbocycles. The SMILES string of the molecule is C=Nc1cc(OCc2cccc(CBr)c2)c(OC)cc1-c1ccccc1CCNC=O. The van der Waals surface area contributed by atoms with Crippen LogP contribution >= 0.6 is 15.9 Å². The summed E-state index contributed by atoms with van der Waals surface area (Å²) in [5.74, 6) is 1.23. The standard InChI is InChI=1S/C25H25BrN2O3/c1-27-23-14-25(31-16-19-7-5-6-18(12-19)15-26)24(30-2)13-22(23)21-9-4-3-8-20(21)10-11-28-17-29/h3-9,12-14,17H,1,10-11,15-16H2,2H3,(H,28,29). The van der Waals surface area contributed by atoms with Crippen LogP contribution < -0.4 is 14.8 Å². The van der Waals surface area contributed by atoms with Crippen molar-refractivity contribution >= 4 is 34.7 Å². The van der Waals surface area contributed by atoms with Crippen molar-refractivity contribution < 1.29 is 14.3 Å². The van der Waals surface area contributed by atoms with Gasteiger partial charge in [-0.25, -0.2) is 0 Å². The molecule has 3 rings (SSSR count). The first-order chi connectivity index (χ1) is 15.2. The summed E-state index contributed by atoms with van der Waals surface area (Å²) in [6.07, 6.45) is 1.41. The van der Waals surface area contributed by atoms with Crippen molar-refractivity contribution in [2.24, 2.45) is 4.99 Å². The van der Waals surface area contributed by atoms with Crippen molar-refractivity contribution in [3.05, 3.63) is 77.4 Å². The molecule has 0 saturated heterocycles. The van der Waals surface area contributed by atoms with E-state index in [0.717, 1.165) is 27.6 Å². The van der Waals surface area contributed by atoms with Crippen LogP contribution in [0.3, 0.4) is 0 Å². The lowest BCUT2D eigenvalue weighted by Crippen LogP contribution is -2.14. The molecule has 3 aromatic rings. The molecule has 0 radical (unpaired) electrons. The van der Waals surface area contributed by atoms with E-state index < -0.39 is 0 Å². The minimum absolute atomic E-state index is 0.418. The molecule has 160 valence electrons. The largest absolute Gasteiger partial charge is 0.493 e. The van der Waals surface area contributed by atoms with Crippen LogP contribution in [0.15, 0.2) is 65.7 Å². The van der Waals surface area contributed by atoms with Crippen molar-refractivity contribution in [1.82, 2.24) is 5.32 Å². The minimum atomic E-state index is 0.418. The number of nitrogens with one attached hydrogen (secondary N) is 1. The maximum Gasteiger partial charge on any atom is 0.207 e. The first kappa shape index (κ1) is 22.6. The molecule has 0 bridgehead atoms. The first-order valence-electron chi connectivity index (χ1n) is 9.90. The predicted molar refractivity (Wildman–Crippen MR) is 129 cm³/mol. The van der Waals surface area contributed by atoms with Crippen LogP contribution in [0.2, 0.25) is 0 Å². The van der Waals surface area contributed by atoms with Crippen molar-refractivity contribution in [2.75, 3.05) is 13.7 Å². The third kappa shape index (κ3) is 5.73. The molecule has 5 nitrogen and oxygen atoms in total. The van der Waals surface area contributed by atoms with Crippen molar-refractivity contribution in [1.29, 1.82) is 0 Å². The number of carbonyl (C=O) groups excluding carboxylic acids is 1. The van der Waals surface area contributed by atoms with Gasteiger partial charge >= 0.3 is 0 Å². The van der Waals surface area contributed by atoms with Crippen molar-refractivity contribution in [3.8, 4) is 22.6 Å². The maximum atomic E-state index is 10.6. The van der Waals surface area contributed by atoms with E-state index in [1.54, 1.807) is 7.11 Å². The van der Waals surface area contributed by atoms with Gasteiger partial charge in [0, 0.05) is 23.5 Å². The Morgan fingerprint density at radius 2 is 1.84 bits per heavy atom. The average Bonchev–Trinajstić information content (AvgIpc) is 2.82. The number of methoxy groups -OCH3 is 1. The van der Waals surface area contributed by atoms with Crippen LogP contribution in [0.4, 0.5) is 5.69 Å². The van der Waals surface area contributed by atoms with E-state index in [2.05, 4.69) is 45.1 Å². The number of halogens is 1. The highest BCUT2D eigenvalue weighted by molar-refractivity contribution is 9.08. The monoisotopic (exact) mass is 480 g/mol. The third-order valence-electron chi connectivity index (χ3n) is 4.92. The Kier molecular flexibility index (Phi) is 8.24. The highest BCUT2D eigenvalue weighted by Gasteiger charge is 2.15. The zero-order valence-corrected chi connectivity index (χ0v) is 19.0. The van der Waals surface area contributed by atoms with Gasteiger partial charge in [-0.05, 0) is 41.5 Å². The van der Waals surface area contributed by atoms with Gasteiger partial charge in [-0.1, -0.05) is 64.5 Å². The van der Waals surface area contributed by atoms with Crippen LogP contribution in [-0.4, -0.2) is 26.8 Å². The first-order valence-corrected chi connectivity index (χ1v) is 11.0. The van der Waals surface area contributed by atoms with Gasteiger partial charge in [0.05, 0.1) is 12.8 Å². The molecule has 1 N–H and O–H groups in total. The fourth-order valence-electron chi connectivity index (χ4n) is 3.40. The second-order valence-corrected chi connectivity index (χ2v) is 7.46. The zero-order chi connectivity index (χ0) is 22.1. The molecule has 0 aliphatic heterocycles. The number of nitrogens with zero attached hydrogens (tertiary/aromatic N) is 1. The second kappa shape index (κ2) is 11.3. The number of aliphatic imine (C=N–C) groups is 1. The van der Waals surface area contributed by atoms with Gasteiger partial charge < -0.3 is 14.8 Å². The maximum absolute atomic E-state index is 10.6. The molecule has 6 heteroatoms. The lowest BCUT2D eigenvalue weighted by molar-refractivity contribution is -0.109. The number of amides is 1. The van der Waals surface area contributed by atoms with E-state index in [4.69, 9.17) is 9.47 Å². The van der Waals surface area contributed by atoms with Crippen LogP contribution in [0, 0.1) is 0 Å². The van der Waals surface area contributed by atoms with Gasteiger partial charge in [0.15, 0.2) is 11.5 Å². The fraction of sp³-hybridized carbons (Fsp3) is 0.200. The lowest BCUT2D eigenvalue weighted by atomic mass is 9.96. The molecule has 31 heavy (non-hydrogen) atoms. The van der Waals surface area contributed by atoms with Gasteiger partial charge in [0.1, 0.15) is 6.61 Å². The topological polar surface area (TPSA) is 59.9 Å². The molecule has 1 amide bonds. The third-order valence-corrected chi connectivity index (χ3v) is 5.57. The molecule has 0 spiro atoms. The molecule has 0 heterocycles. The molecule has 0 fully saturated rings. The normalized spacial score (nSPS) is 10.4. The number of carbonyl (C=O) groups is 1. The quantitative estimate of drug-likeness (QED) is 0.171. The Labute approximate surface area is 191 Å². The Hall–Kier alpha value is -3.12. The van der Waals surface area contributed by atoms with E-state index in [-0.39, 0.29) is 0 Å². The highest BCUT2D eigenvalue weighted by Crippen LogP contribution is 2.41. The Morgan fingerprint density at radius 3 is 2.58 bits per heavy atom. The highest BCUT2D eigenvalue weighted by atomic mass is 79.9. The number of hydrogen-bond acceptors (Lipinski definition) is 4. The van der Waals surface area contributed by atoms with E-state index >= 15 is 0 Å². The van der Waals surface area contributed by atoms with Crippen molar-refractivity contribution in [2.45, 2.75) is 18.4 Å². The van der Waals surface area contributed by atoms with E-state index in [1.807, 2.05) is 48.5 Å². The number of benzene rings is 3. The van der Waals surface area contributed by atoms with Crippen molar-refractivity contribution in [3.63, 3.8) is 0 Å². The average molecular weight is 481 g/mol.